The first kappa shape index (κ1) is 16.1. The Morgan fingerprint density at radius 3 is 2.58 bits per heavy atom. The van der Waals surface area contributed by atoms with E-state index in [1.807, 2.05) is 68.4 Å². The highest BCUT2D eigenvalue weighted by atomic mass is 16.5. The molecule has 4 heteroatoms. The summed E-state index contributed by atoms with van der Waals surface area (Å²) in [5.41, 5.74) is 1.47. The Morgan fingerprint density at radius 2 is 1.83 bits per heavy atom. The van der Waals surface area contributed by atoms with Gasteiger partial charge in [0, 0.05) is 17.0 Å². The fourth-order valence-electron chi connectivity index (χ4n) is 2.49. The molecular weight excluding hydrogens is 302 g/mol. The Morgan fingerprint density at radius 1 is 1.12 bits per heavy atom. The molecule has 0 unspecified atom stereocenters. The molecule has 124 valence electrons. The maximum atomic E-state index is 12.6. The summed E-state index contributed by atoms with van der Waals surface area (Å²) in [4.78, 5) is 12.6. The number of rotatable bonds is 6. The summed E-state index contributed by atoms with van der Waals surface area (Å²) in [6.07, 6.45) is 0.863. The number of nitrogens with one attached hydrogen (secondary N) is 1. The largest absolute Gasteiger partial charge is 0.489 e. The van der Waals surface area contributed by atoms with Gasteiger partial charge in [-0.25, -0.2) is 0 Å². The number of ether oxygens (including phenoxy) is 1. The second-order valence-corrected chi connectivity index (χ2v) is 5.79. The Hall–Kier alpha value is -2.75. The lowest BCUT2D eigenvalue weighted by molar-refractivity contribution is 0.0910. The van der Waals surface area contributed by atoms with E-state index >= 15 is 0 Å². The van der Waals surface area contributed by atoms with Gasteiger partial charge in [-0.2, -0.15) is 0 Å². The maximum absolute atomic E-state index is 12.6. The second-order valence-electron chi connectivity index (χ2n) is 5.79. The summed E-state index contributed by atoms with van der Waals surface area (Å²) in [7, 11) is 0. The molecule has 24 heavy (non-hydrogen) atoms. The van der Waals surface area contributed by atoms with Gasteiger partial charge in [0.05, 0.1) is 0 Å². The van der Waals surface area contributed by atoms with Crippen LogP contribution in [-0.2, 0) is 6.61 Å². The van der Waals surface area contributed by atoms with E-state index in [4.69, 9.17) is 9.15 Å². The predicted octanol–water partition coefficient (Wildman–Crippen LogP) is 4.54. The third-order valence-electron chi connectivity index (χ3n) is 4.02. The lowest BCUT2D eigenvalue weighted by Gasteiger charge is -2.11. The van der Waals surface area contributed by atoms with Crippen LogP contribution in [0.2, 0.25) is 0 Å². The van der Waals surface area contributed by atoms with Crippen LogP contribution in [0.3, 0.4) is 0 Å². The predicted molar refractivity (Wildman–Crippen MR) is 94.2 cm³/mol. The van der Waals surface area contributed by atoms with Gasteiger partial charge in [0.2, 0.25) is 0 Å². The molecule has 0 bridgehead atoms. The number of amides is 1. The van der Waals surface area contributed by atoms with Crippen LogP contribution in [0.5, 0.6) is 5.75 Å². The molecule has 1 atom stereocenters. The molecule has 1 amide bonds. The molecule has 1 heterocycles. The van der Waals surface area contributed by atoms with Crippen molar-refractivity contribution in [3.05, 3.63) is 65.9 Å². The SMILES string of the molecule is CC[C@H](C)NC(=O)c1oc2ccccc2c1COc1ccccc1. The van der Waals surface area contributed by atoms with Gasteiger partial charge in [-0.15, -0.1) is 0 Å². The summed E-state index contributed by atoms with van der Waals surface area (Å²) < 4.78 is 11.6. The summed E-state index contributed by atoms with van der Waals surface area (Å²) in [6.45, 7) is 4.29. The van der Waals surface area contributed by atoms with Crippen LogP contribution in [0, 0.1) is 0 Å². The zero-order valence-corrected chi connectivity index (χ0v) is 13.9. The molecule has 0 radical (unpaired) electrons. The molecular formula is C20H21NO3. The van der Waals surface area contributed by atoms with E-state index in [1.54, 1.807) is 0 Å². The first-order valence-electron chi connectivity index (χ1n) is 8.18. The van der Waals surface area contributed by atoms with Crippen molar-refractivity contribution >= 4 is 16.9 Å². The van der Waals surface area contributed by atoms with Crippen molar-refractivity contribution in [3.63, 3.8) is 0 Å². The number of carbonyl (C=O) groups excluding carboxylic acids is 1. The second kappa shape index (κ2) is 7.21. The van der Waals surface area contributed by atoms with Crippen LogP contribution in [0.15, 0.2) is 59.0 Å². The van der Waals surface area contributed by atoms with E-state index in [1.165, 1.54) is 0 Å². The third-order valence-corrected chi connectivity index (χ3v) is 4.02. The Kier molecular flexibility index (Phi) is 4.85. The topological polar surface area (TPSA) is 51.5 Å². The maximum Gasteiger partial charge on any atom is 0.287 e. The van der Waals surface area contributed by atoms with Crippen LogP contribution < -0.4 is 10.1 Å². The number of carbonyl (C=O) groups is 1. The normalized spacial score (nSPS) is 12.1. The van der Waals surface area contributed by atoms with Gasteiger partial charge < -0.3 is 14.5 Å². The minimum atomic E-state index is -0.202. The summed E-state index contributed by atoms with van der Waals surface area (Å²) in [5.74, 6) is 0.885. The molecule has 1 N–H and O–H groups in total. The Bertz CT molecular complexity index is 823. The molecule has 0 spiro atoms. The van der Waals surface area contributed by atoms with E-state index in [0.29, 0.717) is 11.3 Å². The van der Waals surface area contributed by atoms with Crippen molar-refractivity contribution in [1.29, 1.82) is 0 Å². The number of hydrogen-bond acceptors (Lipinski definition) is 3. The highest BCUT2D eigenvalue weighted by Gasteiger charge is 2.21. The van der Waals surface area contributed by atoms with E-state index in [-0.39, 0.29) is 18.6 Å². The molecule has 0 aliphatic rings. The van der Waals surface area contributed by atoms with E-state index in [2.05, 4.69) is 5.32 Å². The van der Waals surface area contributed by atoms with Gasteiger partial charge >= 0.3 is 0 Å². The van der Waals surface area contributed by atoms with E-state index in [0.717, 1.165) is 23.1 Å². The van der Waals surface area contributed by atoms with Gasteiger partial charge in [-0.3, -0.25) is 4.79 Å². The number of benzene rings is 2. The molecule has 0 fully saturated rings. The quantitative estimate of drug-likeness (QED) is 0.724. The number of para-hydroxylation sites is 2. The fraction of sp³-hybridized carbons (Fsp3) is 0.250. The van der Waals surface area contributed by atoms with Crippen molar-refractivity contribution in [3.8, 4) is 5.75 Å². The molecule has 3 rings (SSSR count). The van der Waals surface area contributed by atoms with Crippen molar-refractivity contribution in [2.75, 3.05) is 0 Å². The Labute approximate surface area is 141 Å². The Balaban J connectivity index is 1.91. The smallest absolute Gasteiger partial charge is 0.287 e. The molecule has 4 nitrogen and oxygen atoms in total. The summed E-state index contributed by atoms with van der Waals surface area (Å²) in [5, 5.41) is 3.86. The molecule has 3 aromatic rings. The number of furan rings is 1. The molecule has 1 aromatic heterocycles. The zero-order valence-electron chi connectivity index (χ0n) is 13.9. The number of hydrogen-bond donors (Lipinski definition) is 1. The van der Waals surface area contributed by atoms with Gasteiger partial charge in [-0.1, -0.05) is 43.3 Å². The minimum absolute atomic E-state index is 0.0913. The average molecular weight is 323 g/mol. The lowest BCUT2D eigenvalue weighted by Crippen LogP contribution is -2.32. The van der Waals surface area contributed by atoms with Crippen LogP contribution in [0.4, 0.5) is 0 Å². The van der Waals surface area contributed by atoms with E-state index in [9.17, 15) is 4.79 Å². The standard InChI is InChI=1S/C20H21NO3/c1-3-14(2)21-20(22)19-17(13-23-15-9-5-4-6-10-15)16-11-7-8-12-18(16)24-19/h4-12,14H,3,13H2,1-2H3,(H,21,22)/t14-/m0/s1. The van der Waals surface area contributed by atoms with Crippen LogP contribution in [-0.4, -0.2) is 11.9 Å². The zero-order chi connectivity index (χ0) is 16.9. The molecule has 0 saturated heterocycles. The van der Waals surface area contributed by atoms with Crippen LogP contribution >= 0.6 is 0 Å². The summed E-state index contributed by atoms with van der Waals surface area (Å²) >= 11 is 0. The average Bonchev–Trinajstić information content (AvgIpc) is 2.99. The molecule has 0 aliphatic heterocycles. The fourth-order valence-corrected chi connectivity index (χ4v) is 2.49. The highest BCUT2D eigenvalue weighted by molar-refractivity contribution is 5.99. The monoisotopic (exact) mass is 323 g/mol. The lowest BCUT2D eigenvalue weighted by atomic mass is 10.1. The molecule has 0 aliphatic carbocycles. The van der Waals surface area contributed by atoms with E-state index < -0.39 is 0 Å². The molecule has 0 saturated carbocycles. The van der Waals surface area contributed by atoms with Gasteiger partial charge in [0.15, 0.2) is 5.76 Å². The van der Waals surface area contributed by atoms with Crippen molar-refractivity contribution < 1.29 is 13.9 Å². The molecule has 2 aromatic carbocycles. The first-order valence-corrected chi connectivity index (χ1v) is 8.18. The van der Waals surface area contributed by atoms with Crippen LogP contribution in [0.1, 0.15) is 36.4 Å². The van der Waals surface area contributed by atoms with Crippen molar-refractivity contribution in [2.24, 2.45) is 0 Å². The van der Waals surface area contributed by atoms with Gasteiger partial charge in [0.1, 0.15) is 17.9 Å². The summed E-state index contributed by atoms with van der Waals surface area (Å²) in [6, 6.07) is 17.3. The number of fused-ring (bicyclic) bond motifs is 1. The van der Waals surface area contributed by atoms with Gasteiger partial charge in [0.25, 0.3) is 5.91 Å². The third kappa shape index (κ3) is 3.43. The van der Waals surface area contributed by atoms with Crippen LogP contribution in [0.25, 0.3) is 11.0 Å². The highest BCUT2D eigenvalue weighted by Crippen LogP contribution is 2.27. The minimum Gasteiger partial charge on any atom is -0.489 e. The van der Waals surface area contributed by atoms with Crippen molar-refractivity contribution in [1.82, 2.24) is 5.32 Å². The van der Waals surface area contributed by atoms with Gasteiger partial charge in [-0.05, 0) is 31.5 Å². The van der Waals surface area contributed by atoms with Crippen molar-refractivity contribution in [2.45, 2.75) is 32.9 Å². The first-order chi connectivity index (χ1) is 11.7.